The van der Waals surface area contributed by atoms with Gasteiger partial charge in [0, 0.05) is 24.9 Å². The Balaban J connectivity index is 1.68. The molecule has 1 atom stereocenters. The highest BCUT2D eigenvalue weighted by molar-refractivity contribution is 7.15. The third-order valence-electron chi connectivity index (χ3n) is 4.59. The van der Waals surface area contributed by atoms with Gasteiger partial charge in [0.1, 0.15) is 5.01 Å². The summed E-state index contributed by atoms with van der Waals surface area (Å²) in [6.07, 6.45) is 7.61. The molecule has 0 unspecified atom stereocenters. The standard InChI is InChI=1S/C17H23N5OS/c1-3-12(4-2)15-20-21-16(24-15)19-17(23)22-11-5-6-14(22)13-7-9-18-10-8-13/h7-10,12,14H,3-6,11H2,1-2H3,(H,19,21,23)/t14-/m1/s1. The summed E-state index contributed by atoms with van der Waals surface area (Å²) in [7, 11) is 0. The molecular formula is C17H23N5OS. The number of carbonyl (C=O) groups excluding carboxylic acids is 1. The monoisotopic (exact) mass is 345 g/mol. The van der Waals surface area contributed by atoms with Gasteiger partial charge in [-0.1, -0.05) is 25.2 Å². The van der Waals surface area contributed by atoms with Crippen LogP contribution in [0, 0.1) is 0 Å². The molecule has 2 amide bonds. The lowest BCUT2D eigenvalue weighted by molar-refractivity contribution is 0.207. The Morgan fingerprint density at radius 1 is 1.33 bits per heavy atom. The summed E-state index contributed by atoms with van der Waals surface area (Å²) in [5, 5.41) is 12.9. The lowest BCUT2D eigenvalue weighted by atomic mass is 10.1. The van der Waals surface area contributed by atoms with E-state index in [-0.39, 0.29) is 12.1 Å². The molecular weight excluding hydrogens is 322 g/mol. The molecule has 0 saturated carbocycles. The van der Waals surface area contributed by atoms with E-state index in [1.54, 1.807) is 12.4 Å². The molecule has 128 valence electrons. The number of nitrogens with zero attached hydrogens (tertiary/aromatic N) is 4. The number of pyridine rings is 1. The van der Waals surface area contributed by atoms with Crippen LogP contribution < -0.4 is 5.32 Å². The Bertz CT molecular complexity index is 671. The van der Waals surface area contributed by atoms with Gasteiger partial charge < -0.3 is 4.90 Å². The van der Waals surface area contributed by atoms with Crippen LogP contribution in [0.5, 0.6) is 0 Å². The molecule has 7 heteroatoms. The lowest BCUT2D eigenvalue weighted by Gasteiger charge is -2.24. The highest BCUT2D eigenvalue weighted by Crippen LogP contribution is 2.33. The van der Waals surface area contributed by atoms with Gasteiger partial charge in [-0.05, 0) is 43.4 Å². The largest absolute Gasteiger partial charge is 0.324 e. The van der Waals surface area contributed by atoms with Crippen LogP contribution in [0.25, 0.3) is 0 Å². The summed E-state index contributed by atoms with van der Waals surface area (Å²) >= 11 is 1.48. The summed E-state index contributed by atoms with van der Waals surface area (Å²) in [5.74, 6) is 0.421. The number of nitrogens with one attached hydrogen (secondary N) is 1. The van der Waals surface area contributed by atoms with Crippen LogP contribution >= 0.6 is 11.3 Å². The Morgan fingerprint density at radius 3 is 2.79 bits per heavy atom. The molecule has 3 heterocycles. The summed E-state index contributed by atoms with van der Waals surface area (Å²) in [4.78, 5) is 18.6. The van der Waals surface area contributed by atoms with Crippen LogP contribution in [0.3, 0.4) is 0 Å². The fourth-order valence-electron chi connectivity index (χ4n) is 3.19. The summed E-state index contributed by atoms with van der Waals surface area (Å²) in [6, 6.07) is 3.97. The molecule has 0 radical (unpaired) electrons. The highest BCUT2D eigenvalue weighted by atomic mass is 32.1. The minimum Gasteiger partial charge on any atom is -0.317 e. The van der Waals surface area contributed by atoms with Crippen LogP contribution in [0.1, 0.15) is 62.1 Å². The second-order valence-corrected chi connectivity index (χ2v) is 7.03. The van der Waals surface area contributed by atoms with Crippen molar-refractivity contribution in [1.29, 1.82) is 0 Å². The van der Waals surface area contributed by atoms with Crippen LogP contribution in [0.15, 0.2) is 24.5 Å². The number of rotatable bonds is 5. The van der Waals surface area contributed by atoms with Crippen LogP contribution in [0.2, 0.25) is 0 Å². The lowest BCUT2D eigenvalue weighted by Crippen LogP contribution is -2.34. The zero-order chi connectivity index (χ0) is 16.9. The molecule has 0 aliphatic carbocycles. The number of hydrogen-bond acceptors (Lipinski definition) is 5. The number of carbonyl (C=O) groups is 1. The minimum atomic E-state index is -0.0958. The normalized spacial score (nSPS) is 17.5. The topological polar surface area (TPSA) is 71.0 Å². The zero-order valence-electron chi connectivity index (χ0n) is 14.1. The van der Waals surface area contributed by atoms with Crippen molar-refractivity contribution in [3.05, 3.63) is 35.1 Å². The van der Waals surface area contributed by atoms with E-state index in [1.807, 2.05) is 17.0 Å². The van der Waals surface area contributed by atoms with Gasteiger partial charge in [0.2, 0.25) is 5.13 Å². The second kappa shape index (κ2) is 7.70. The first kappa shape index (κ1) is 16.8. The average Bonchev–Trinajstić information content (AvgIpc) is 3.26. The summed E-state index contributed by atoms with van der Waals surface area (Å²) in [5.41, 5.74) is 1.13. The highest BCUT2D eigenvalue weighted by Gasteiger charge is 2.30. The molecule has 1 aliphatic rings. The summed E-state index contributed by atoms with van der Waals surface area (Å²) < 4.78 is 0. The van der Waals surface area contributed by atoms with E-state index in [0.717, 1.165) is 42.8 Å². The van der Waals surface area contributed by atoms with Crippen molar-refractivity contribution in [2.24, 2.45) is 0 Å². The molecule has 0 aromatic carbocycles. The van der Waals surface area contributed by atoms with Crippen molar-refractivity contribution in [2.45, 2.75) is 51.5 Å². The smallest absolute Gasteiger partial charge is 0.317 e. The first-order valence-corrected chi connectivity index (χ1v) is 9.35. The maximum atomic E-state index is 12.7. The van der Waals surface area contributed by atoms with Crippen molar-refractivity contribution in [1.82, 2.24) is 20.1 Å². The van der Waals surface area contributed by atoms with Crippen LogP contribution in [-0.2, 0) is 0 Å². The van der Waals surface area contributed by atoms with Gasteiger partial charge in [0.05, 0.1) is 6.04 Å². The Kier molecular flexibility index (Phi) is 5.40. The van der Waals surface area contributed by atoms with Crippen molar-refractivity contribution in [3.8, 4) is 0 Å². The van der Waals surface area contributed by atoms with Gasteiger partial charge in [-0.25, -0.2) is 4.79 Å². The Morgan fingerprint density at radius 2 is 2.08 bits per heavy atom. The van der Waals surface area contributed by atoms with E-state index >= 15 is 0 Å². The van der Waals surface area contributed by atoms with Crippen molar-refractivity contribution in [2.75, 3.05) is 11.9 Å². The van der Waals surface area contributed by atoms with E-state index < -0.39 is 0 Å². The molecule has 6 nitrogen and oxygen atoms in total. The van der Waals surface area contributed by atoms with E-state index in [0.29, 0.717) is 11.0 Å². The number of anilines is 1. The number of likely N-dealkylation sites (tertiary alicyclic amines) is 1. The molecule has 2 aromatic rings. The first-order valence-electron chi connectivity index (χ1n) is 8.53. The SMILES string of the molecule is CCC(CC)c1nnc(NC(=O)N2CCC[C@@H]2c2ccncc2)s1. The van der Waals surface area contributed by atoms with Crippen LogP contribution in [-0.4, -0.2) is 32.7 Å². The minimum absolute atomic E-state index is 0.0958. The summed E-state index contributed by atoms with van der Waals surface area (Å²) in [6.45, 7) is 5.06. The molecule has 0 spiro atoms. The van der Waals surface area contributed by atoms with E-state index in [1.165, 1.54) is 11.3 Å². The molecule has 1 aliphatic heterocycles. The van der Waals surface area contributed by atoms with Gasteiger partial charge in [-0.2, -0.15) is 0 Å². The predicted molar refractivity (Wildman–Crippen MR) is 95.2 cm³/mol. The van der Waals surface area contributed by atoms with E-state index in [2.05, 4.69) is 34.3 Å². The second-order valence-electron chi connectivity index (χ2n) is 6.02. The van der Waals surface area contributed by atoms with Gasteiger partial charge in [0.25, 0.3) is 0 Å². The maximum absolute atomic E-state index is 12.7. The fourth-order valence-corrected chi connectivity index (χ4v) is 4.19. The van der Waals surface area contributed by atoms with Gasteiger partial charge in [-0.15, -0.1) is 10.2 Å². The third-order valence-corrected chi connectivity index (χ3v) is 5.60. The third kappa shape index (κ3) is 3.56. The van der Waals surface area contributed by atoms with Crippen molar-refractivity contribution >= 4 is 22.5 Å². The van der Waals surface area contributed by atoms with Crippen LogP contribution in [0.4, 0.5) is 9.93 Å². The van der Waals surface area contributed by atoms with Gasteiger partial charge >= 0.3 is 6.03 Å². The Hall–Kier alpha value is -2.02. The molecule has 24 heavy (non-hydrogen) atoms. The molecule has 2 aromatic heterocycles. The van der Waals surface area contributed by atoms with E-state index in [9.17, 15) is 4.79 Å². The molecule has 1 N–H and O–H groups in total. The van der Waals surface area contributed by atoms with Gasteiger partial charge in [0.15, 0.2) is 0 Å². The van der Waals surface area contributed by atoms with E-state index in [4.69, 9.17) is 0 Å². The zero-order valence-corrected chi connectivity index (χ0v) is 14.9. The van der Waals surface area contributed by atoms with Gasteiger partial charge in [-0.3, -0.25) is 10.3 Å². The number of amides is 2. The Labute approximate surface area is 146 Å². The first-order chi connectivity index (χ1) is 11.7. The number of aromatic nitrogens is 3. The molecule has 0 bridgehead atoms. The number of hydrogen-bond donors (Lipinski definition) is 1. The molecule has 1 saturated heterocycles. The predicted octanol–water partition coefficient (Wildman–Crippen LogP) is 4.21. The van der Waals surface area contributed by atoms with Crippen molar-refractivity contribution in [3.63, 3.8) is 0 Å². The quantitative estimate of drug-likeness (QED) is 0.881. The molecule has 3 rings (SSSR count). The number of urea groups is 1. The molecule has 1 fully saturated rings. The van der Waals surface area contributed by atoms with Crippen molar-refractivity contribution < 1.29 is 4.79 Å². The average molecular weight is 345 g/mol. The maximum Gasteiger partial charge on any atom is 0.324 e. The fraction of sp³-hybridized carbons (Fsp3) is 0.529.